The Balaban J connectivity index is 1.82. The SMILES string of the molecule is Cc1cn(CCCc2ccc(Cl)cc2)cn1. The highest BCUT2D eigenvalue weighted by molar-refractivity contribution is 6.30. The zero-order valence-corrected chi connectivity index (χ0v) is 10.1. The van der Waals surface area contributed by atoms with Gasteiger partial charge in [-0.1, -0.05) is 23.7 Å². The molecule has 2 aromatic rings. The molecule has 16 heavy (non-hydrogen) atoms. The summed E-state index contributed by atoms with van der Waals surface area (Å²) in [5.74, 6) is 0. The first kappa shape index (κ1) is 11.2. The van der Waals surface area contributed by atoms with E-state index in [-0.39, 0.29) is 0 Å². The molecule has 1 aromatic carbocycles. The van der Waals surface area contributed by atoms with Gasteiger partial charge in [-0.05, 0) is 37.5 Å². The topological polar surface area (TPSA) is 17.8 Å². The van der Waals surface area contributed by atoms with Crippen molar-refractivity contribution in [1.29, 1.82) is 0 Å². The molecule has 1 aromatic heterocycles. The molecule has 0 saturated carbocycles. The molecule has 0 aliphatic heterocycles. The molecule has 1 heterocycles. The third-order valence-electron chi connectivity index (χ3n) is 2.56. The zero-order chi connectivity index (χ0) is 11.4. The number of hydrogen-bond acceptors (Lipinski definition) is 1. The van der Waals surface area contributed by atoms with Crippen molar-refractivity contribution in [2.24, 2.45) is 0 Å². The van der Waals surface area contributed by atoms with Crippen LogP contribution in [0.2, 0.25) is 5.02 Å². The molecular weight excluding hydrogens is 220 g/mol. The maximum atomic E-state index is 5.83. The van der Waals surface area contributed by atoms with E-state index in [1.165, 1.54) is 5.56 Å². The second-order valence-corrected chi connectivity index (χ2v) is 4.42. The summed E-state index contributed by atoms with van der Waals surface area (Å²) in [7, 11) is 0. The zero-order valence-electron chi connectivity index (χ0n) is 9.36. The van der Waals surface area contributed by atoms with E-state index in [0.717, 1.165) is 30.1 Å². The van der Waals surface area contributed by atoms with Crippen molar-refractivity contribution in [3.63, 3.8) is 0 Å². The van der Waals surface area contributed by atoms with Gasteiger partial charge >= 0.3 is 0 Å². The number of benzene rings is 1. The van der Waals surface area contributed by atoms with Crippen molar-refractivity contribution in [3.05, 3.63) is 53.1 Å². The fourth-order valence-corrected chi connectivity index (χ4v) is 1.84. The van der Waals surface area contributed by atoms with Crippen LogP contribution in [-0.2, 0) is 13.0 Å². The predicted octanol–water partition coefficient (Wildman–Crippen LogP) is 3.48. The molecule has 0 aliphatic rings. The Morgan fingerprint density at radius 3 is 2.62 bits per heavy atom. The molecule has 2 nitrogen and oxygen atoms in total. The first-order valence-electron chi connectivity index (χ1n) is 5.47. The van der Waals surface area contributed by atoms with E-state index in [2.05, 4.69) is 27.9 Å². The predicted molar refractivity (Wildman–Crippen MR) is 66.7 cm³/mol. The Hall–Kier alpha value is -1.28. The van der Waals surface area contributed by atoms with Crippen molar-refractivity contribution in [1.82, 2.24) is 9.55 Å². The average molecular weight is 235 g/mol. The van der Waals surface area contributed by atoms with Crippen LogP contribution >= 0.6 is 11.6 Å². The van der Waals surface area contributed by atoms with Gasteiger partial charge in [-0.15, -0.1) is 0 Å². The highest BCUT2D eigenvalue weighted by atomic mass is 35.5. The van der Waals surface area contributed by atoms with E-state index in [1.54, 1.807) is 0 Å². The quantitative estimate of drug-likeness (QED) is 0.792. The average Bonchev–Trinajstić information content (AvgIpc) is 2.67. The first-order chi connectivity index (χ1) is 7.74. The van der Waals surface area contributed by atoms with Crippen LogP contribution in [0.1, 0.15) is 17.7 Å². The van der Waals surface area contributed by atoms with Crippen LogP contribution in [0.4, 0.5) is 0 Å². The van der Waals surface area contributed by atoms with Gasteiger partial charge in [0.25, 0.3) is 0 Å². The number of hydrogen-bond donors (Lipinski definition) is 0. The highest BCUT2D eigenvalue weighted by Crippen LogP contribution is 2.11. The largest absolute Gasteiger partial charge is 0.337 e. The van der Waals surface area contributed by atoms with Crippen LogP contribution in [0.5, 0.6) is 0 Å². The van der Waals surface area contributed by atoms with Crippen molar-refractivity contribution in [3.8, 4) is 0 Å². The molecule has 0 atom stereocenters. The van der Waals surface area contributed by atoms with Gasteiger partial charge in [0, 0.05) is 17.8 Å². The molecule has 84 valence electrons. The minimum atomic E-state index is 0.800. The van der Waals surface area contributed by atoms with E-state index in [9.17, 15) is 0 Å². The lowest BCUT2D eigenvalue weighted by atomic mass is 10.1. The van der Waals surface area contributed by atoms with Crippen molar-refractivity contribution < 1.29 is 0 Å². The van der Waals surface area contributed by atoms with Gasteiger partial charge in [-0.25, -0.2) is 4.98 Å². The van der Waals surface area contributed by atoms with E-state index in [0.29, 0.717) is 0 Å². The molecule has 0 radical (unpaired) electrons. The van der Waals surface area contributed by atoms with Gasteiger partial charge in [0.2, 0.25) is 0 Å². The van der Waals surface area contributed by atoms with Crippen LogP contribution in [0.25, 0.3) is 0 Å². The molecule has 3 heteroatoms. The second-order valence-electron chi connectivity index (χ2n) is 3.98. The standard InChI is InChI=1S/C13H15ClN2/c1-11-9-16(10-15-11)8-2-3-12-4-6-13(14)7-5-12/h4-7,9-10H,2-3,8H2,1H3. The van der Waals surface area contributed by atoms with Crippen LogP contribution in [0.15, 0.2) is 36.8 Å². The molecule has 2 rings (SSSR count). The minimum Gasteiger partial charge on any atom is -0.337 e. The highest BCUT2D eigenvalue weighted by Gasteiger charge is 1.96. The normalized spacial score (nSPS) is 10.6. The Kier molecular flexibility index (Phi) is 3.62. The van der Waals surface area contributed by atoms with E-state index in [1.807, 2.05) is 25.4 Å². The Morgan fingerprint density at radius 2 is 2.00 bits per heavy atom. The molecule has 0 spiro atoms. The van der Waals surface area contributed by atoms with Crippen LogP contribution in [0.3, 0.4) is 0 Å². The molecule has 0 unspecified atom stereocenters. The van der Waals surface area contributed by atoms with Crippen molar-refractivity contribution in [2.45, 2.75) is 26.3 Å². The molecule has 0 bridgehead atoms. The van der Waals surface area contributed by atoms with Gasteiger partial charge in [-0.2, -0.15) is 0 Å². The van der Waals surface area contributed by atoms with E-state index in [4.69, 9.17) is 11.6 Å². The van der Waals surface area contributed by atoms with Gasteiger partial charge < -0.3 is 4.57 Å². The third-order valence-corrected chi connectivity index (χ3v) is 2.81. The number of halogens is 1. The summed E-state index contributed by atoms with van der Waals surface area (Å²) in [5.41, 5.74) is 2.41. The lowest BCUT2D eigenvalue weighted by Crippen LogP contribution is -1.96. The number of nitrogens with zero attached hydrogens (tertiary/aromatic N) is 2. The maximum absolute atomic E-state index is 5.83. The molecule has 0 aliphatic carbocycles. The van der Waals surface area contributed by atoms with Gasteiger partial charge in [0.1, 0.15) is 0 Å². The van der Waals surface area contributed by atoms with Gasteiger partial charge in [-0.3, -0.25) is 0 Å². The van der Waals surface area contributed by atoms with Gasteiger partial charge in [0.15, 0.2) is 0 Å². The summed E-state index contributed by atoms with van der Waals surface area (Å²) in [5, 5.41) is 0.800. The fraction of sp³-hybridized carbons (Fsp3) is 0.308. The lowest BCUT2D eigenvalue weighted by molar-refractivity contribution is 0.641. The van der Waals surface area contributed by atoms with E-state index >= 15 is 0 Å². The summed E-state index contributed by atoms with van der Waals surface area (Å²) < 4.78 is 2.13. The third kappa shape index (κ3) is 3.11. The summed E-state index contributed by atoms with van der Waals surface area (Å²) in [6, 6.07) is 8.06. The van der Waals surface area contributed by atoms with Crippen LogP contribution < -0.4 is 0 Å². The second kappa shape index (κ2) is 5.17. The fourth-order valence-electron chi connectivity index (χ4n) is 1.71. The molecule has 0 saturated heterocycles. The summed E-state index contributed by atoms with van der Waals surface area (Å²) >= 11 is 5.83. The Labute approximate surface area is 101 Å². The number of imidazole rings is 1. The smallest absolute Gasteiger partial charge is 0.0949 e. The molecule has 0 fully saturated rings. The number of aryl methyl sites for hydroxylation is 3. The maximum Gasteiger partial charge on any atom is 0.0949 e. The number of aromatic nitrogens is 2. The summed E-state index contributed by atoms with van der Waals surface area (Å²) in [4.78, 5) is 4.20. The molecular formula is C13H15ClN2. The first-order valence-corrected chi connectivity index (χ1v) is 5.84. The Bertz CT molecular complexity index is 445. The monoisotopic (exact) mass is 234 g/mol. The van der Waals surface area contributed by atoms with Crippen molar-refractivity contribution in [2.75, 3.05) is 0 Å². The Morgan fingerprint density at radius 1 is 1.25 bits per heavy atom. The van der Waals surface area contributed by atoms with Crippen LogP contribution in [0, 0.1) is 6.92 Å². The summed E-state index contributed by atoms with van der Waals surface area (Å²) in [6.45, 7) is 3.03. The number of rotatable bonds is 4. The summed E-state index contributed by atoms with van der Waals surface area (Å²) in [6.07, 6.45) is 6.16. The lowest BCUT2D eigenvalue weighted by Gasteiger charge is -2.02. The van der Waals surface area contributed by atoms with Crippen LogP contribution in [-0.4, -0.2) is 9.55 Å². The molecule has 0 N–H and O–H groups in total. The van der Waals surface area contributed by atoms with Gasteiger partial charge in [0.05, 0.1) is 12.0 Å². The van der Waals surface area contributed by atoms with Crippen molar-refractivity contribution >= 4 is 11.6 Å². The molecule has 0 amide bonds. The van der Waals surface area contributed by atoms with E-state index < -0.39 is 0 Å². The minimum absolute atomic E-state index is 0.800.